The molecule has 0 spiro atoms. The number of hydrogen-bond donors (Lipinski definition) is 2. The van der Waals surface area contributed by atoms with E-state index in [4.69, 9.17) is 11.6 Å². The van der Waals surface area contributed by atoms with Crippen LogP contribution in [0.3, 0.4) is 0 Å². The summed E-state index contributed by atoms with van der Waals surface area (Å²) in [4.78, 5) is 25.8. The van der Waals surface area contributed by atoms with Crippen molar-refractivity contribution >= 4 is 23.6 Å². The predicted octanol–water partition coefficient (Wildman–Crippen LogP) is 6.35. The summed E-state index contributed by atoms with van der Waals surface area (Å²) >= 11 is 6.65. The molecule has 2 N–H and O–H groups in total. The van der Waals surface area contributed by atoms with Gasteiger partial charge in [0.2, 0.25) is 0 Å². The lowest BCUT2D eigenvalue weighted by molar-refractivity contribution is -0.146. The van der Waals surface area contributed by atoms with Crippen molar-refractivity contribution in [3.05, 3.63) is 46.1 Å². The zero-order valence-electron chi connectivity index (χ0n) is 20.1. The van der Waals surface area contributed by atoms with Crippen molar-refractivity contribution in [3.8, 4) is 0 Å². The minimum absolute atomic E-state index is 0.0610. The quantitative estimate of drug-likeness (QED) is 0.484. The number of carboxylic acid groups (broad SMARTS) is 1. The summed E-state index contributed by atoms with van der Waals surface area (Å²) in [5.74, 6) is -4.08. The van der Waals surface area contributed by atoms with Gasteiger partial charge in [0.15, 0.2) is 0 Å². The molecule has 2 fully saturated rings. The highest BCUT2D eigenvalue weighted by Gasteiger charge is 2.53. The summed E-state index contributed by atoms with van der Waals surface area (Å²) in [5, 5.41) is 13.0. The van der Waals surface area contributed by atoms with Crippen molar-refractivity contribution in [2.45, 2.75) is 83.7 Å². The van der Waals surface area contributed by atoms with Crippen molar-refractivity contribution in [1.29, 1.82) is 0 Å². The fourth-order valence-electron chi connectivity index (χ4n) is 5.18. The van der Waals surface area contributed by atoms with Crippen molar-refractivity contribution < 1.29 is 23.5 Å². The van der Waals surface area contributed by atoms with Gasteiger partial charge in [0, 0.05) is 30.1 Å². The summed E-state index contributed by atoms with van der Waals surface area (Å²) in [6, 6.07) is 4.83. The number of rotatable bonds is 6. The Bertz CT molecular complexity index is 1020. The van der Waals surface area contributed by atoms with E-state index in [0.717, 1.165) is 29.5 Å². The van der Waals surface area contributed by atoms with Crippen LogP contribution in [0, 0.1) is 17.3 Å². The summed E-state index contributed by atoms with van der Waals surface area (Å²) < 4.78 is 27.0. The highest BCUT2D eigenvalue weighted by molar-refractivity contribution is 6.31. The highest BCUT2D eigenvalue weighted by Crippen LogP contribution is 2.49. The van der Waals surface area contributed by atoms with Crippen LogP contribution >= 0.6 is 11.6 Å². The van der Waals surface area contributed by atoms with E-state index in [2.05, 4.69) is 26.1 Å². The zero-order valence-corrected chi connectivity index (χ0v) is 20.9. The van der Waals surface area contributed by atoms with E-state index in [-0.39, 0.29) is 24.2 Å². The van der Waals surface area contributed by atoms with Crippen LogP contribution in [0.1, 0.15) is 70.9 Å². The number of nitrogens with one attached hydrogen (secondary N) is 1. The molecule has 2 aliphatic carbocycles. The number of aryl methyl sites for hydroxylation is 1. The van der Waals surface area contributed by atoms with Crippen LogP contribution in [0.4, 0.5) is 13.6 Å². The molecule has 0 aromatic heterocycles. The smallest absolute Gasteiger partial charge is 0.322 e. The molecule has 0 unspecified atom stereocenters. The number of benzene rings is 1. The Hall–Kier alpha value is -2.15. The van der Waals surface area contributed by atoms with Gasteiger partial charge in [0.05, 0.1) is 11.5 Å². The Kier molecular flexibility index (Phi) is 6.24. The summed E-state index contributed by atoms with van der Waals surface area (Å²) in [6.07, 6.45) is 3.70. The largest absolute Gasteiger partial charge is 0.481 e. The van der Waals surface area contributed by atoms with Gasteiger partial charge in [-0.15, -0.1) is 0 Å². The monoisotopic (exact) mass is 494 g/mol. The van der Waals surface area contributed by atoms with Gasteiger partial charge < -0.3 is 10.4 Å². The van der Waals surface area contributed by atoms with Gasteiger partial charge in [-0.05, 0) is 66.7 Å². The molecule has 1 heterocycles. The first-order valence-electron chi connectivity index (χ1n) is 11.9. The molecule has 34 heavy (non-hydrogen) atoms. The van der Waals surface area contributed by atoms with Crippen LogP contribution in [0.25, 0.3) is 0 Å². The lowest BCUT2D eigenvalue weighted by Crippen LogP contribution is -2.61. The van der Waals surface area contributed by atoms with E-state index in [1.165, 1.54) is 4.90 Å². The molecule has 0 radical (unpaired) electrons. The van der Waals surface area contributed by atoms with E-state index < -0.39 is 35.4 Å². The number of hydrogen-bond acceptors (Lipinski definition) is 2. The second-order valence-electron chi connectivity index (χ2n) is 11.5. The predicted molar refractivity (Wildman–Crippen MR) is 127 cm³/mol. The maximum absolute atomic E-state index is 13.5. The third-order valence-corrected chi connectivity index (χ3v) is 7.96. The first-order valence-corrected chi connectivity index (χ1v) is 12.3. The van der Waals surface area contributed by atoms with Crippen LogP contribution in [-0.2, 0) is 16.8 Å². The molecule has 2 saturated carbocycles. The number of carboxylic acids is 1. The van der Waals surface area contributed by atoms with Gasteiger partial charge >= 0.3 is 12.0 Å². The number of urea groups is 1. The minimum Gasteiger partial charge on any atom is -0.481 e. The van der Waals surface area contributed by atoms with Crippen LogP contribution < -0.4 is 5.32 Å². The number of carbonyl (C=O) groups is 2. The molecule has 0 bridgehead atoms. The van der Waals surface area contributed by atoms with E-state index in [9.17, 15) is 23.5 Å². The van der Waals surface area contributed by atoms with Crippen LogP contribution in [-0.4, -0.2) is 34.0 Å². The zero-order chi connectivity index (χ0) is 25.1. The molecule has 1 atom stereocenters. The fraction of sp³-hybridized carbons (Fsp3) is 0.615. The molecule has 0 saturated heterocycles. The fourth-order valence-corrected chi connectivity index (χ4v) is 5.46. The van der Waals surface area contributed by atoms with Gasteiger partial charge in [0.1, 0.15) is 0 Å². The Labute approximate surface area is 204 Å². The van der Waals surface area contributed by atoms with Gasteiger partial charge in [-0.25, -0.2) is 13.6 Å². The van der Waals surface area contributed by atoms with Gasteiger partial charge in [-0.2, -0.15) is 0 Å². The summed E-state index contributed by atoms with van der Waals surface area (Å²) in [6.45, 7) is 8.42. The Balaban J connectivity index is 1.65. The van der Waals surface area contributed by atoms with Gasteiger partial charge in [-0.3, -0.25) is 9.69 Å². The number of carbonyl (C=O) groups excluding carboxylic acids is 1. The molecule has 2 amide bonds. The van der Waals surface area contributed by atoms with Gasteiger partial charge in [0.25, 0.3) is 5.92 Å². The number of aliphatic carboxylic acids is 1. The van der Waals surface area contributed by atoms with E-state index >= 15 is 0 Å². The van der Waals surface area contributed by atoms with Crippen LogP contribution in [0.5, 0.6) is 0 Å². The molecule has 1 aliphatic heterocycles. The van der Waals surface area contributed by atoms with Crippen molar-refractivity contribution in [2.75, 3.05) is 0 Å². The average molecular weight is 495 g/mol. The molecule has 1 aromatic rings. The van der Waals surface area contributed by atoms with Crippen molar-refractivity contribution in [3.63, 3.8) is 0 Å². The molecule has 186 valence electrons. The topological polar surface area (TPSA) is 69.6 Å². The maximum Gasteiger partial charge on any atom is 0.322 e. The van der Waals surface area contributed by atoms with E-state index in [0.29, 0.717) is 17.9 Å². The molecular weight excluding hydrogens is 462 g/mol. The third-order valence-electron chi connectivity index (χ3n) is 7.61. The Morgan fingerprint density at radius 1 is 1.26 bits per heavy atom. The number of nitrogens with zero attached hydrogens (tertiary/aromatic N) is 1. The molecule has 3 aliphatic rings. The summed E-state index contributed by atoms with van der Waals surface area (Å²) in [7, 11) is 0. The highest BCUT2D eigenvalue weighted by atomic mass is 35.5. The van der Waals surface area contributed by atoms with Gasteiger partial charge in [-0.1, -0.05) is 44.5 Å². The SMILES string of the molecule is CC(C)(C)CCc1ccc([C@]2(C)NC(=O)N(C3CC(F)(F)C3)C=C2C2CC(C(=O)O)C2)cc1Cl. The normalized spacial score (nSPS) is 29.1. The molecule has 1 aromatic carbocycles. The molecule has 4 rings (SSSR count). The number of alkyl halides is 2. The standard InChI is InChI=1S/C26H33ClF2N2O3/c1-24(2,3)8-7-15-5-6-18(11-21(15)27)25(4)20(16-9-17(10-16)22(32)33)14-31(23(34)30-25)19-12-26(28,29)13-19/h5-6,11,14,16-17,19H,7-10,12-13H2,1-4H3,(H,30,34)(H,32,33)/t16?,17?,25-/m0/s1. The molecular formula is C26H33ClF2N2O3. The molecule has 5 nitrogen and oxygen atoms in total. The van der Waals surface area contributed by atoms with Crippen molar-refractivity contribution in [1.82, 2.24) is 10.2 Å². The van der Waals surface area contributed by atoms with E-state index in [1.54, 1.807) is 6.20 Å². The Morgan fingerprint density at radius 3 is 2.44 bits per heavy atom. The number of halogens is 3. The second-order valence-corrected chi connectivity index (χ2v) is 11.9. The number of amides is 2. The maximum atomic E-state index is 13.5. The summed E-state index contributed by atoms with van der Waals surface area (Å²) in [5.41, 5.74) is 1.95. The molecule has 8 heteroatoms. The average Bonchev–Trinajstić information content (AvgIpc) is 2.64. The lowest BCUT2D eigenvalue weighted by atomic mass is 9.64. The second kappa shape index (κ2) is 8.51. The Morgan fingerprint density at radius 2 is 1.91 bits per heavy atom. The first-order chi connectivity index (χ1) is 15.7. The van der Waals surface area contributed by atoms with E-state index in [1.807, 2.05) is 25.1 Å². The van der Waals surface area contributed by atoms with Crippen molar-refractivity contribution in [2.24, 2.45) is 17.3 Å². The minimum atomic E-state index is -2.75. The lowest BCUT2D eigenvalue weighted by Gasteiger charge is -2.50. The van der Waals surface area contributed by atoms with Crippen LogP contribution in [0.2, 0.25) is 5.02 Å². The third kappa shape index (κ3) is 4.81. The first kappa shape index (κ1) is 25.0. The van der Waals surface area contributed by atoms with Crippen LogP contribution in [0.15, 0.2) is 30.0 Å².